The smallest absolute Gasteiger partial charge is 0.228 e. The molecule has 0 saturated carbocycles. The molecule has 6 nitrogen and oxygen atoms in total. The van der Waals surface area contributed by atoms with Gasteiger partial charge in [-0.3, -0.25) is 4.79 Å². The van der Waals surface area contributed by atoms with Crippen molar-refractivity contribution in [3.63, 3.8) is 0 Å². The number of nitrogens with zero attached hydrogens (tertiary/aromatic N) is 3. The first-order chi connectivity index (χ1) is 8.90. The molecule has 1 N–H and O–H groups in total. The number of amides is 1. The van der Waals surface area contributed by atoms with E-state index in [1.54, 1.807) is 19.4 Å². The lowest BCUT2D eigenvalue weighted by molar-refractivity contribution is -0.129. The van der Waals surface area contributed by atoms with Crippen LogP contribution in [-0.4, -0.2) is 42.1 Å². The van der Waals surface area contributed by atoms with E-state index in [-0.39, 0.29) is 17.4 Å². The summed E-state index contributed by atoms with van der Waals surface area (Å²) in [7, 11) is 1.58. The molecule has 0 unspecified atom stereocenters. The monoisotopic (exact) mass is 264 g/mol. The average molecular weight is 264 g/mol. The molecule has 0 aliphatic carbocycles. The fourth-order valence-corrected chi connectivity index (χ4v) is 1.73. The molecule has 1 aliphatic rings. The van der Waals surface area contributed by atoms with Crippen molar-refractivity contribution in [2.75, 3.05) is 25.1 Å². The summed E-state index contributed by atoms with van der Waals surface area (Å²) in [5.74, 6) is 1.26. The van der Waals surface area contributed by atoms with E-state index in [9.17, 15) is 4.79 Å². The highest BCUT2D eigenvalue weighted by atomic mass is 16.5. The van der Waals surface area contributed by atoms with Crippen molar-refractivity contribution in [2.24, 2.45) is 5.41 Å². The number of anilines is 1. The lowest BCUT2D eigenvalue weighted by atomic mass is 9.94. The number of aromatic nitrogens is 2. The van der Waals surface area contributed by atoms with Crippen molar-refractivity contribution in [1.29, 1.82) is 0 Å². The lowest BCUT2D eigenvalue weighted by Gasteiger charge is -2.40. The van der Waals surface area contributed by atoms with Gasteiger partial charge in [0.05, 0.1) is 13.2 Å². The minimum atomic E-state index is -0.354. The Morgan fingerprint density at radius 3 is 2.74 bits per heavy atom. The van der Waals surface area contributed by atoms with E-state index < -0.39 is 0 Å². The summed E-state index contributed by atoms with van der Waals surface area (Å²) >= 11 is 0. The van der Waals surface area contributed by atoms with E-state index >= 15 is 0 Å². The summed E-state index contributed by atoms with van der Waals surface area (Å²) in [5.41, 5.74) is -0.354. The molecule has 1 aromatic heterocycles. The Labute approximate surface area is 113 Å². The van der Waals surface area contributed by atoms with Gasteiger partial charge in [-0.2, -0.15) is 4.98 Å². The summed E-state index contributed by atoms with van der Waals surface area (Å²) in [6.45, 7) is 7.18. The van der Waals surface area contributed by atoms with Gasteiger partial charge in [0, 0.05) is 30.8 Å². The Kier molecular flexibility index (Phi) is 3.59. The molecule has 0 spiro atoms. The molecule has 2 heterocycles. The van der Waals surface area contributed by atoms with Crippen LogP contribution in [0.25, 0.3) is 0 Å². The van der Waals surface area contributed by atoms with Gasteiger partial charge in [-0.15, -0.1) is 0 Å². The third kappa shape index (κ3) is 3.13. The number of carbonyl (C=O) groups is 1. The minimum absolute atomic E-state index is 0.0729. The zero-order chi connectivity index (χ0) is 14.0. The number of carbonyl (C=O) groups excluding carboxylic acids is 1. The van der Waals surface area contributed by atoms with Crippen molar-refractivity contribution < 1.29 is 9.53 Å². The molecule has 1 amide bonds. The Morgan fingerprint density at radius 1 is 1.47 bits per heavy atom. The average Bonchev–Trinajstić information content (AvgIpc) is 2.31. The minimum Gasteiger partial charge on any atom is -0.481 e. The van der Waals surface area contributed by atoms with Crippen molar-refractivity contribution in [3.05, 3.63) is 12.3 Å². The van der Waals surface area contributed by atoms with Crippen molar-refractivity contribution >= 4 is 11.9 Å². The van der Waals surface area contributed by atoms with Crippen molar-refractivity contribution in [2.45, 2.75) is 26.8 Å². The van der Waals surface area contributed by atoms with Gasteiger partial charge in [0.15, 0.2) is 0 Å². The molecule has 1 saturated heterocycles. The second-order valence-electron chi connectivity index (χ2n) is 5.72. The number of rotatable bonds is 3. The first kappa shape index (κ1) is 13.6. The van der Waals surface area contributed by atoms with Crippen LogP contribution >= 0.6 is 0 Å². The van der Waals surface area contributed by atoms with Crippen LogP contribution in [0.15, 0.2) is 12.3 Å². The van der Waals surface area contributed by atoms with Gasteiger partial charge >= 0.3 is 0 Å². The van der Waals surface area contributed by atoms with Crippen LogP contribution in [0.5, 0.6) is 5.88 Å². The maximum Gasteiger partial charge on any atom is 0.228 e. The molecular formula is C13H20N4O2. The first-order valence-electron chi connectivity index (χ1n) is 6.33. The number of methoxy groups -OCH3 is 1. The van der Waals surface area contributed by atoms with Gasteiger partial charge in [0.1, 0.15) is 0 Å². The Bertz CT molecular complexity index is 464. The fraction of sp³-hybridized carbons (Fsp3) is 0.615. The molecule has 6 heteroatoms. The summed E-state index contributed by atoms with van der Waals surface area (Å²) in [6, 6.07) is 1.88. The fourth-order valence-electron chi connectivity index (χ4n) is 1.73. The molecule has 1 fully saturated rings. The van der Waals surface area contributed by atoms with E-state index in [1.165, 1.54) is 0 Å². The molecule has 1 aromatic rings. The van der Waals surface area contributed by atoms with Crippen molar-refractivity contribution in [1.82, 2.24) is 15.3 Å². The first-order valence-corrected chi connectivity index (χ1v) is 6.33. The summed E-state index contributed by atoms with van der Waals surface area (Å²) < 4.78 is 5.06. The molecule has 19 heavy (non-hydrogen) atoms. The number of hydrogen-bond acceptors (Lipinski definition) is 5. The van der Waals surface area contributed by atoms with Crippen LogP contribution in [0.1, 0.15) is 20.8 Å². The van der Waals surface area contributed by atoms with Gasteiger partial charge in [0.25, 0.3) is 0 Å². The highest BCUT2D eigenvalue weighted by Crippen LogP contribution is 2.20. The topological polar surface area (TPSA) is 67.3 Å². The summed E-state index contributed by atoms with van der Waals surface area (Å²) in [6.07, 6.45) is 1.67. The molecular weight excluding hydrogens is 244 g/mol. The summed E-state index contributed by atoms with van der Waals surface area (Å²) in [5, 5.41) is 3.02. The van der Waals surface area contributed by atoms with Crippen LogP contribution in [0.3, 0.4) is 0 Å². The SMILES string of the molecule is COc1ccnc(N2CC(NC(=O)C(C)(C)C)C2)n1. The quantitative estimate of drug-likeness (QED) is 0.876. The van der Waals surface area contributed by atoms with E-state index in [0.717, 1.165) is 13.1 Å². The van der Waals surface area contributed by atoms with Crippen molar-refractivity contribution in [3.8, 4) is 5.88 Å². The van der Waals surface area contributed by atoms with Crippen LogP contribution < -0.4 is 15.0 Å². The standard InChI is InChI=1S/C13H20N4O2/c1-13(2,3)11(18)15-9-7-17(8-9)12-14-6-5-10(16-12)19-4/h5-6,9H,7-8H2,1-4H3,(H,15,18). The van der Waals surface area contributed by atoms with Gasteiger partial charge in [-0.1, -0.05) is 20.8 Å². The molecule has 1 aliphatic heterocycles. The normalized spacial score (nSPS) is 15.9. The Hall–Kier alpha value is -1.85. The van der Waals surface area contributed by atoms with Gasteiger partial charge in [-0.25, -0.2) is 4.98 Å². The molecule has 0 radical (unpaired) electrons. The third-order valence-electron chi connectivity index (χ3n) is 3.01. The second-order valence-corrected chi connectivity index (χ2v) is 5.72. The van der Waals surface area contributed by atoms with Gasteiger partial charge in [-0.05, 0) is 0 Å². The maximum atomic E-state index is 11.8. The van der Waals surface area contributed by atoms with E-state index in [2.05, 4.69) is 15.3 Å². The van der Waals surface area contributed by atoms with E-state index in [1.807, 2.05) is 25.7 Å². The highest BCUT2D eigenvalue weighted by molar-refractivity contribution is 5.81. The number of ether oxygens (including phenoxy) is 1. The molecule has 0 bridgehead atoms. The van der Waals surface area contributed by atoms with Crippen LogP contribution in [0.2, 0.25) is 0 Å². The Morgan fingerprint density at radius 2 is 2.16 bits per heavy atom. The molecule has 2 rings (SSSR count). The van der Waals surface area contributed by atoms with Gasteiger partial charge in [0.2, 0.25) is 17.7 Å². The van der Waals surface area contributed by atoms with Gasteiger partial charge < -0.3 is 15.0 Å². The highest BCUT2D eigenvalue weighted by Gasteiger charge is 2.32. The summed E-state index contributed by atoms with van der Waals surface area (Å²) in [4.78, 5) is 22.3. The number of nitrogens with one attached hydrogen (secondary N) is 1. The van der Waals surface area contributed by atoms with Crippen LogP contribution in [-0.2, 0) is 4.79 Å². The maximum absolute atomic E-state index is 11.8. The van der Waals surface area contributed by atoms with Crippen LogP contribution in [0, 0.1) is 5.41 Å². The molecule has 0 aromatic carbocycles. The Balaban J connectivity index is 1.87. The lowest BCUT2D eigenvalue weighted by Crippen LogP contribution is -2.61. The second kappa shape index (κ2) is 5.03. The molecule has 104 valence electrons. The van der Waals surface area contributed by atoms with Crippen LogP contribution in [0.4, 0.5) is 5.95 Å². The molecule has 0 atom stereocenters. The largest absolute Gasteiger partial charge is 0.481 e. The zero-order valence-corrected chi connectivity index (χ0v) is 11.8. The third-order valence-corrected chi connectivity index (χ3v) is 3.01. The number of hydrogen-bond donors (Lipinski definition) is 1. The van der Waals surface area contributed by atoms with E-state index in [0.29, 0.717) is 11.8 Å². The van der Waals surface area contributed by atoms with E-state index in [4.69, 9.17) is 4.74 Å². The zero-order valence-electron chi connectivity index (χ0n) is 11.8. The predicted octanol–water partition coefficient (Wildman–Crippen LogP) is 0.836. The predicted molar refractivity (Wildman–Crippen MR) is 72.2 cm³/mol.